The van der Waals surface area contributed by atoms with Crippen molar-refractivity contribution in [2.24, 2.45) is 0 Å². The first-order valence-corrected chi connectivity index (χ1v) is 10.1. The molecule has 176 valence electrons. The number of nitrogens with one attached hydrogen (secondary N) is 2. The maximum Gasteiger partial charge on any atom is 0.320 e. The van der Waals surface area contributed by atoms with Crippen molar-refractivity contribution in [1.82, 2.24) is 15.2 Å². The van der Waals surface area contributed by atoms with Crippen LogP contribution in [-0.2, 0) is 6.54 Å². The molecule has 0 fully saturated rings. The van der Waals surface area contributed by atoms with Gasteiger partial charge >= 0.3 is 6.01 Å². The van der Waals surface area contributed by atoms with Crippen LogP contribution in [0.2, 0.25) is 0 Å². The maximum atomic E-state index is 13.5. The molecule has 0 unspecified atom stereocenters. The van der Waals surface area contributed by atoms with Crippen LogP contribution >= 0.6 is 0 Å². The summed E-state index contributed by atoms with van der Waals surface area (Å²) in [6, 6.07) is 10.7. The van der Waals surface area contributed by atoms with Crippen molar-refractivity contribution in [3.05, 3.63) is 65.9 Å². The van der Waals surface area contributed by atoms with Crippen molar-refractivity contribution in [3.63, 3.8) is 0 Å². The van der Waals surface area contributed by atoms with Gasteiger partial charge in [0.1, 0.15) is 5.82 Å². The van der Waals surface area contributed by atoms with E-state index in [1.54, 1.807) is 30.5 Å². The maximum absolute atomic E-state index is 13.5. The Kier molecular flexibility index (Phi) is 6.72. The smallest absolute Gasteiger partial charge is 0.320 e. The summed E-state index contributed by atoms with van der Waals surface area (Å²) in [4.78, 5) is 4.29. The second-order valence-corrected chi connectivity index (χ2v) is 6.95. The quantitative estimate of drug-likeness (QED) is 0.358. The molecule has 0 aliphatic carbocycles. The summed E-state index contributed by atoms with van der Waals surface area (Å²) in [7, 11) is 4.55. The fraction of sp³-hybridized carbons (Fsp3) is 0.174. The third-order valence-corrected chi connectivity index (χ3v) is 4.82. The first-order chi connectivity index (χ1) is 16.5. The molecule has 0 aliphatic heterocycles. The molecule has 4 rings (SSSR count). The lowest BCUT2D eigenvalue weighted by molar-refractivity contribution is 0.324. The molecule has 4 aromatic rings. The van der Waals surface area contributed by atoms with Gasteiger partial charge in [-0.3, -0.25) is 0 Å². The number of nitrogens with zero attached hydrogens (tertiary/aromatic N) is 3. The zero-order valence-corrected chi connectivity index (χ0v) is 18.6. The first-order valence-electron chi connectivity index (χ1n) is 10.1. The molecule has 2 aromatic heterocycles. The van der Waals surface area contributed by atoms with Crippen molar-refractivity contribution in [2.75, 3.05) is 32.0 Å². The Bertz CT molecular complexity index is 1270. The Labute approximate surface area is 193 Å². The molecule has 0 atom stereocenters. The lowest BCUT2D eigenvalue weighted by Gasteiger charge is -2.13. The van der Waals surface area contributed by atoms with Gasteiger partial charge in [-0.2, -0.15) is 0 Å². The summed E-state index contributed by atoms with van der Waals surface area (Å²) in [5.74, 6) is 0.195. The van der Waals surface area contributed by atoms with Crippen LogP contribution in [0.1, 0.15) is 5.56 Å². The number of benzene rings is 2. The highest BCUT2D eigenvalue weighted by atomic mass is 19.2. The van der Waals surface area contributed by atoms with Gasteiger partial charge < -0.3 is 29.3 Å². The summed E-state index contributed by atoms with van der Waals surface area (Å²) < 4.78 is 48.5. The second kappa shape index (κ2) is 10.0. The Hall–Kier alpha value is -4.41. The third-order valence-electron chi connectivity index (χ3n) is 4.82. The molecule has 0 amide bonds. The Balaban J connectivity index is 1.54. The highest BCUT2D eigenvalue weighted by molar-refractivity contribution is 5.70. The van der Waals surface area contributed by atoms with E-state index in [1.807, 2.05) is 0 Å². The predicted octanol–water partition coefficient (Wildman–Crippen LogP) is 4.79. The van der Waals surface area contributed by atoms with E-state index in [0.717, 1.165) is 12.1 Å². The van der Waals surface area contributed by atoms with E-state index in [2.05, 4.69) is 25.8 Å². The van der Waals surface area contributed by atoms with E-state index in [-0.39, 0.29) is 18.5 Å². The van der Waals surface area contributed by atoms with Crippen molar-refractivity contribution in [1.29, 1.82) is 0 Å². The van der Waals surface area contributed by atoms with E-state index < -0.39 is 11.6 Å². The second-order valence-electron chi connectivity index (χ2n) is 6.95. The van der Waals surface area contributed by atoms with Crippen molar-refractivity contribution in [3.8, 4) is 28.7 Å². The SMILES string of the molecule is COc1cc(Nc2nnc(-c3cccnc3NCc3ccc(F)c(F)c3)o2)cc(OC)c1OC. The van der Waals surface area contributed by atoms with Crippen LogP contribution in [0.4, 0.5) is 26.3 Å². The third kappa shape index (κ3) is 4.82. The highest BCUT2D eigenvalue weighted by Crippen LogP contribution is 2.40. The molecule has 2 heterocycles. The Morgan fingerprint density at radius 1 is 0.912 bits per heavy atom. The molecule has 0 aliphatic rings. The van der Waals surface area contributed by atoms with E-state index >= 15 is 0 Å². The number of aromatic nitrogens is 3. The molecule has 0 saturated heterocycles. The zero-order chi connectivity index (χ0) is 24.1. The van der Waals surface area contributed by atoms with Gasteiger partial charge in [0.05, 0.1) is 32.6 Å². The molecular formula is C23H21F2N5O4. The van der Waals surface area contributed by atoms with Gasteiger partial charge in [-0.1, -0.05) is 11.2 Å². The minimum Gasteiger partial charge on any atom is -0.493 e. The lowest BCUT2D eigenvalue weighted by Crippen LogP contribution is -2.03. The number of anilines is 3. The molecule has 2 N–H and O–H groups in total. The zero-order valence-electron chi connectivity index (χ0n) is 18.6. The topological polar surface area (TPSA) is 104 Å². The van der Waals surface area contributed by atoms with Gasteiger partial charge in [0.15, 0.2) is 23.1 Å². The fourth-order valence-electron chi connectivity index (χ4n) is 3.21. The van der Waals surface area contributed by atoms with E-state index in [4.69, 9.17) is 18.6 Å². The molecule has 0 bridgehead atoms. The van der Waals surface area contributed by atoms with Crippen LogP contribution in [-0.4, -0.2) is 36.5 Å². The Morgan fingerprint density at radius 3 is 2.35 bits per heavy atom. The van der Waals surface area contributed by atoms with Crippen LogP contribution < -0.4 is 24.8 Å². The van der Waals surface area contributed by atoms with Crippen molar-refractivity contribution < 1.29 is 27.4 Å². The summed E-state index contributed by atoms with van der Waals surface area (Å²) >= 11 is 0. The molecule has 0 saturated carbocycles. The average Bonchev–Trinajstić information content (AvgIpc) is 3.32. The normalized spacial score (nSPS) is 10.6. The van der Waals surface area contributed by atoms with Crippen LogP contribution in [0.5, 0.6) is 17.2 Å². The summed E-state index contributed by atoms with van der Waals surface area (Å²) in [5.41, 5.74) is 1.66. The molecule has 34 heavy (non-hydrogen) atoms. The van der Waals surface area contributed by atoms with Gasteiger partial charge in [0.2, 0.25) is 5.75 Å². The fourth-order valence-corrected chi connectivity index (χ4v) is 3.21. The number of pyridine rings is 1. The largest absolute Gasteiger partial charge is 0.493 e. The van der Waals surface area contributed by atoms with E-state index in [9.17, 15) is 8.78 Å². The van der Waals surface area contributed by atoms with Crippen molar-refractivity contribution >= 4 is 17.5 Å². The van der Waals surface area contributed by atoms with Gasteiger partial charge in [0.25, 0.3) is 5.89 Å². The number of rotatable bonds is 9. The molecule has 0 radical (unpaired) electrons. The van der Waals surface area contributed by atoms with Gasteiger partial charge in [-0.05, 0) is 29.8 Å². The van der Waals surface area contributed by atoms with Crippen molar-refractivity contribution in [2.45, 2.75) is 6.54 Å². The number of halogens is 2. The minimum absolute atomic E-state index is 0.125. The van der Waals surface area contributed by atoms with Crippen LogP contribution in [0.25, 0.3) is 11.5 Å². The molecule has 11 heteroatoms. The number of ether oxygens (including phenoxy) is 3. The summed E-state index contributed by atoms with van der Waals surface area (Å²) in [6.07, 6.45) is 1.59. The molecular weight excluding hydrogens is 448 g/mol. The monoisotopic (exact) mass is 469 g/mol. The number of methoxy groups -OCH3 is 3. The predicted molar refractivity (Wildman–Crippen MR) is 121 cm³/mol. The van der Waals surface area contributed by atoms with Gasteiger partial charge in [-0.25, -0.2) is 13.8 Å². The summed E-state index contributed by atoms with van der Waals surface area (Å²) in [5, 5.41) is 14.2. The average molecular weight is 469 g/mol. The Morgan fingerprint density at radius 2 is 1.68 bits per heavy atom. The van der Waals surface area contributed by atoms with Crippen LogP contribution in [0.15, 0.2) is 53.1 Å². The number of hydrogen-bond donors (Lipinski definition) is 2. The summed E-state index contributed by atoms with van der Waals surface area (Å²) in [6.45, 7) is 0.214. The standard InChI is InChI=1S/C23H21F2N5O4/c1-31-18-10-14(11-19(32-2)20(18)33-3)28-23-30-29-22(34-23)15-5-4-8-26-21(15)27-12-13-6-7-16(24)17(25)9-13/h4-11H,12H2,1-3H3,(H,26,27)(H,28,30). The molecule has 0 spiro atoms. The van der Waals surface area contributed by atoms with Crippen LogP contribution in [0.3, 0.4) is 0 Å². The minimum atomic E-state index is -0.917. The number of hydrogen-bond acceptors (Lipinski definition) is 9. The van der Waals surface area contributed by atoms with Gasteiger partial charge in [0, 0.05) is 24.9 Å². The van der Waals surface area contributed by atoms with Gasteiger partial charge in [-0.15, -0.1) is 5.10 Å². The molecule has 2 aromatic carbocycles. The van der Waals surface area contributed by atoms with E-state index in [1.165, 1.54) is 27.4 Å². The lowest BCUT2D eigenvalue weighted by atomic mass is 10.2. The van der Waals surface area contributed by atoms with Crippen LogP contribution in [0, 0.1) is 11.6 Å². The van der Waals surface area contributed by atoms with E-state index in [0.29, 0.717) is 39.9 Å². The molecule has 9 nitrogen and oxygen atoms in total. The first kappa shape index (κ1) is 22.8. The highest BCUT2D eigenvalue weighted by Gasteiger charge is 2.17.